The molecular formula is C16H16ClNO. The molecule has 2 nitrogen and oxygen atoms in total. The summed E-state index contributed by atoms with van der Waals surface area (Å²) in [6.07, 6.45) is 0.336. The van der Waals surface area contributed by atoms with Gasteiger partial charge in [-0.3, -0.25) is 0 Å². The first kappa shape index (κ1) is 12.7. The van der Waals surface area contributed by atoms with Crippen LogP contribution in [0, 0.1) is 5.92 Å². The van der Waals surface area contributed by atoms with Crippen molar-refractivity contribution in [2.75, 3.05) is 0 Å². The van der Waals surface area contributed by atoms with Gasteiger partial charge in [-0.2, -0.15) is 0 Å². The molecule has 3 atom stereocenters. The molecule has 0 bridgehead atoms. The Morgan fingerprint density at radius 2 is 1.79 bits per heavy atom. The van der Waals surface area contributed by atoms with Gasteiger partial charge in [-0.25, -0.2) is 0 Å². The van der Waals surface area contributed by atoms with Gasteiger partial charge in [0.15, 0.2) is 0 Å². The number of hydrogen-bond acceptors (Lipinski definition) is 2. The largest absolute Gasteiger partial charge is 0.388 e. The maximum atomic E-state index is 10.4. The number of hydrogen-bond donors (Lipinski definition) is 2. The summed E-state index contributed by atoms with van der Waals surface area (Å²) >= 11 is 5.89. The molecule has 0 aliphatic heterocycles. The fraction of sp³-hybridized carbons (Fsp3) is 0.250. The Morgan fingerprint density at radius 3 is 2.47 bits per heavy atom. The average molecular weight is 274 g/mol. The van der Waals surface area contributed by atoms with E-state index >= 15 is 0 Å². The van der Waals surface area contributed by atoms with Crippen LogP contribution in [0.25, 0.3) is 0 Å². The van der Waals surface area contributed by atoms with Gasteiger partial charge in [-0.1, -0.05) is 48.0 Å². The molecule has 98 valence electrons. The van der Waals surface area contributed by atoms with Gasteiger partial charge in [0.1, 0.15) is 0 Å². The van der Waals surface area contributed by atoms with E-state index in [4.69, 9.17) is 17.3 Å². The van der Waals surface area contributed by atoms with E-state index in [1.54, 1.807) is 0 Å². The summed E-state index contributed by atoms with van der Waals surface area (Å²) < 4.78 is 0. The summed E-state index contributed by atoms with van der Waals surface area (Å²) in [5.41, 5.74) is 9.54. The molecule has 1 aliphatic rings. The molecule has 2 aromatic rings. The Kier molecular flexibility index (Phi) is 3.31. The second-order valence-electron chi connectivity index (χ2n) is 5.09. The number of aliphatic hydroxyl groups is 1. The third kappa shape index (κ3) is 2.27. The molecule has 3 rings (SSSR count). The molecule has 1 aliphatic carbocycles. The van der Waals surface area contributed by atoms with Crippen LogP contribution >= 0.6 is 11.6 Å². The van der Waals surface area contributed by atoms with Crippen LogP contribution in [0.2, 0.25) is 5.02 Å². The van der Waals surface area contributed by atoms with Gasteiger partial charge in [0.2, 0.25) is 0 Å². The van der Waals surface area contributed by atoms with Crippen LogP contribution in [-0.2, 0) is 6.42 Å². The minimum absolute atomic E-state index is 0.0265. The Labute approximate surface area is 117 Å². The van der Waals surface area contributed by atoms with Gasteiger partial charge in [-0.05, 0) is 35.2 Å². The summed E-state index contributed by atoms with van der Waals surface area (Å²) in [6, 6.07) is 15.4. The molecule has 19 heavy (non-hydrogen) atoms. The lowest BCUT2D eigenvalue weighted by Gasteiger charge is -2.23. The Balaban J connectivity index is 1.87. The van der Waals surface area contributed by atoms with Crippen molar-refractivity contribution in [2.45, 2.75) is 18.6 Å². The Hall–Kier alpha value is -1.35. The predicted octanol–water partition coefficient (Wildman–Crippen LogP) is 3.25. The zero-order chi connectivity index (χ0) is 13.4. The zero-order valence-electron chi connectivity index (χ0n) is 10.5. The van der Waals surface area contributed by atoms with Crippen molar-refractivity contribution in [1.82, 2.24) is 0 Å². The van der Waals surface area contributed by atoms with Gasteiger partial charge in [0, 0.05) is 17.0 Å². The van der Waals surface area contributed by atoms with E-state index in [1.165, 1.54) is 5.56 Å². The van der Waals surface area contributed by atoms with E-state index in [2.05, 4.69) is 6.07 Å². The average Bonchev–Trinajstić information content (AvgIpc) is 2.77. The SMILES string of the molecule is N[C@H](c1ccc(Cl)cc1)[C@H]1Cc2ccccc2[C@@H]1O. The van der Waals surface area contributed by atoms with E-state index in [0.717, 1.165) is 17.5 Å². The normalized spacial score (nSPS) is 23.1. The van der Waals surface area contributed by atoms with E-state index in [0.29, 0.717) is 5.02 Å². The third-order valence-electron chi connectivity index (χ3n) is 3.95. The van der Waals surface area contributed by atoms with E-state index < -0.39 is 6.10 Å². The minimum Gasteiger partial charge on any atom is -0.388 e. The quantitative estimate of drug-likeness (QED) is 0.882. The first-order valence-corrected chi connectivity index (χ1v) is 6.81. The third-order valence-corrected chi connectivity index (χ3v) is 4.20. The molecule has 0 aromatic heterocycles. The highest BCUT2D eigenvalue weighted by atomic mass is 35.5. The van der Waals surface area contributed by atoms with Gasteiger partial charge in [-0.15, -0.1) is 0 Å². The van der Waals surface area contributed by atoms with Crippen LogP contribution in [0.15, 0.2) is 48.5 Å². The van der Waals surface area contributed by atoms with Gasteiger partial charge >= 0.3 is 0 Å². The van der Waals surface area contributed by atoms with Crippen LogP contribution in [0.4, 0.5) is 0 Å². The van der Waals surface area contributed by atoms with Crippen molar-refractivity contribution < 1.29 is 5.11 Å². The summed E-state index contributed by atoms with van der Waals surface area (Å²) in [7, 11) is 0. The highest BCUT2D eigenvalue weighted by Gasteiger charge is 2.35. The second-order valence-corrected chi connectivity index (χ2v) is 5.53. The maximum Gasteiger partial charge on any atom is 0.0842 e. The van der Waals surface area contributed by atoms with Crippen molar-refractivity contribution in [3.8, 4) is 0 Å². The van der Waals surface area contributed by atoms with Crippen LogP contribution in [0.3, 0.4) is 0 Å². The first-order chi connectivity index (χ1) is 9.16. The summed E-state index contributed by atoms with van der Waals surface area (Å²) in [5.74, 6) is 0.0265. The molecular weight excluding hydrogens is 258 g/mol. The standard InChI is InChI=1S/C16H16ClNO/c17-12-7-5-10(6-8-12)15(18)14-9-11-3-1-2-4-13(11)16(14)19/h1-8,14-16,19H,9,18H2/t14-,15-,16+/m1/s1. The smallest absolute Gasteiger partial charge is 0.0842 e. The molecule has 0 saturated heterocycles. The van der Waals surface area contributed by atoms with Gasteiger partial charge in [0.05, 0.1) is 6.10 Å². The number of halogens is 1. The van der Waals surface area contributed by atoms with Crippen LogP contribution in [-0.4, -0.2) is 5.11 Å². The molecule has 3 N–H and O–H groups in total. The van der Waals surface area contributed by atoms with Crippen LogP contribution in [0.1, 0.15) is 28.8 Å². The van der Waals surface area contributed by atoms with Gasteiger partial charge in [0.25, 0.3) is 0 Å². The molecule has 0 spiro atoms. The highest BCUT2D eigenvalue weighted by molar-refractivity contribution is 6.30. The summed E-state index contributed by atoms with van der Waals surface area (Å²) in [6.45, 7) is 0. The Morgan fingerprint density at radius 1 is 1.11 bits per heavy atom. The fourth-order valence-electron chi connectivity index (χ4n) is 2.86. The number of rotatable bonds is 2. The van der Waals surface area contributed by atoms with Crippen molar-refractivity contribution >= 4 is 11.6 Å². The van der Waals surface area contributed by atoms with Crippen molar-refractivity contribution in [3.05, 3.63) is 70.2 Å². The number of nitrogens with two attached hydrogens (primary N) is 1. The van der Waals surface area contributed by atoms with Crippen molar-refractivity contribution in [1.29, 1.82) is 0 Å². The topological polar surface area (TPSA) is 46.2 Å². The van der Waals surface area contributed by atoms with E-state index in [1.807, 2.05) is 42.5 Å². The second kappa shape index (κ2) is 4.97. The predicted molar refractivity (Wildman–Crippen MR) is 77.0 cm³/mol. The monoisotopic (exact) mass is 273 g/mol. The number of fused-ring (bicyclic) bond motifs is 1. The molecule has 3 heteroatoms. The number of aliphatic hydroxyl groups excluding tert-OH is 1. The highest BCUT2D eigenvalue weighted by Crippen LogP contribution is 2.41. The minimum atomic E-state index is -0.484. The summed E-state index contributed by atoms with van der Waals surface area (Å²) in [4.78, 5) is 0. The zero-order valence-corrected chi connectivity index (χ0v) is 11.2. The lowest BCUT2D eigenvalue weighted by molar-refractivity contribution is 0.108. The van der Waals surface area contributed by atoms with Gasteiger partial charge < -0.3 is 10.8 Å². The number of benzene rings is 2. The molecule has 0 fully saturated rings. The Bertz CT molecular complexity index is 582. The molecule has 0 radical (unpaired) electrons. The van der Waals surface area contributed by atoms with E-state index in [9.17, 15) is 5.11 Å². The molecule has 0 saturated carbocycles. The van der Waals surface area contributed by atoms with Crippen molar-refractivity contribution in [3.63, 3.8) is 0 Å². The summed E-state index contributed by atoms with van der Waals surface area (Å²) in [5, 5.41) is 11.1. The molecule has 2 aromatic carbocycles. The fourth-order valence-corrected chi connectivity index (χ4v) is 2.99. The van der Waals surface area contributed by atoms with Crippen LogP contribution in [0.5, 0.6) is 0 Å². The molecule has 0 heterocycles. The maximum absolute atomic E-state index is 10.4. The lowest BCUT2D eigenvalue weighted by Crippen LogP contribution is -2.24. The van der Waals surface area contributed by atoms with Crippen LogP contribution < -0.4 is 5.73 Å². The van der Waals surface area contributed by atoms with Crippen molar-refractivity contribution in [2.24, 2.45) is 11.7 Å². The first-order valence-electron chi connectivity index (χ1n) is 6.44. The lowest BCUT2D eigenvalue weighted by atomic mass is 9.90. The molecule has 0 amide bonds. The molecule has 0 unspecified atom stereocenters. The van der Waals surface area contributed by atoms with E-state index in [-0.39, 0.29) is 12.0 Å².